The molecule has 2 aromatic carbocycles. The molecule has 3 aromatic heterocycles. The number of imidazole rings is 1. The summed E-state index contributed by atoms with van der Waals surface area (Å²) in [6, 6.07) is 10.1. The van der Waals surface area contributed by atoms with Crippen molar-refractivity contribution < 1.29 is 23.5 Å². The third-order valence-corrected chi connectivity index (χ3v) is 5.91. The van der Waals surface area contributed by atoms with Crippen LogP contribution in [0.5, 0.6) is 0 Å². The van der Waals surface area contributed by atoms with E-state index in [4.69, 9.17) is 10.8 Å². The maximum atomic E-state index is 15.1. The van der Waals surface area contributed by atoms with Crippen LogP contribution in [0.1, 0.15) is 29.5 Å². The van der Waals surface area contributed by atoms with E-state index in [0.29, 0.717) is 46.5 Å². The molecule has 0 aliphatic carbocycles. The molecule has 0 spiro atoms. The van der Waals surface area contributed by atoms with Gasteiger partial charge in [0.2, 0.25) is 0 Å². The number of fused-ring (bicyclic) bond motifs is 2. The van der Waals surface area contributed by atoms with Crippen LogP contribution < -0.4 is 11.1 Å². The van der Waals surface area contributed by atoms with Gasteiger partial charge in [-0.15, -0.1) is 0 Å². The van der Waals surface area contributed by atoms with Crippen LogP contribution in [0.15, 0.2) is 54.9 Å². The van der Waals surface area contributed by atoms with Crippen molar-refractivity contribution in [2.24, 2.45) is 5.73 Å². The van der Waals surface area contributed by atoms with E-state index < -0.39 is 23.6 Å². The first kappa shape index (κ1) is 23.8. The van der Waals surface area contributed by atoms with Gasteiger partial charge in [0.1, 0.15) is 34.3 Å². The zero-order valence-electron chi connectivity index (χ0n) is 19.5. The van der Waals surface area contributed by atoms with Crippen LogP contribution in [0, 0.1) is 11.6 Å². The third-order valence-electron chi connectivity index (χ3n) is 5.91. The van der Waals surface area contributed by atoms with Crippen LogP contribution in [-0.4, -0.2) is 36.6 Å². The molecule has 5 rings (SSSR count). The second-order valence-electron chi connectivity index (χ2n) is 8.31. The summed E-state index contributed by atoms with van der Waals surface area (Å²) in [6.07, 6.45) is 2.69. The highest BCUT2D eigenvalue weighted by Crippen LogP contribution is 2.34. The lowest BCUT2D eigenvalue weighted by molar-refractivity contribution is 0.100. The van der Waals surface area contributed by atoms with Crippen molar-refractivity contribution in [1.29, 1.82) is 0 Å². The molecule has 3 heterocycles. The molecule has 0 unspecified atom stereocenters. The fraction of sp³-hybridized carbons (Fsp3) is 0.115. The molecule has 2 amide bonds. The molecule has 11 heteroatoms. The number of hydrogen-bond acceptors (Lipinski definition) is 5. The first-order valence-electron chi connectivity index (χ1n) is 11.3. The van der Waals surface area contributed by atoms with Gasteiger partial charge in [0.15, 0.2) is 0 Å². The number of pyridine rings is 2. The normalized spacial score (nSPS) is 11.2. The van der Waals surface area contributed by atoms with Crippen molar-refractivity contribution >= 4 is 39.8 Å². The Morgan fingerprint density at radius 2 is 1.76 bits per heavy atom. The van der Waals surface area contributed by atoms with Crippen LogP contribution in [-0.2, 0) is 6.42 Å². The second-order valence-corrected chi connectivity index (χ2v) is 8.31. The molecule has 0 saturated heterocycles. The largest absolute Gasteiger partial charge is 0.465 e. The quantitative estimate of drug-likeness (QED) is 0.297. The summed E-state index contributed by atoms with van der Waals surface area (Å²) in [6.45, 7) is 1.95. The Labute approximate surface area is 208 Å². The number of rotatable bonds is 6. The molecular weight excluding hydrogens is 482 g/mol. The molecule has 186 valence electrons. The predicted molar refractivity (Wildman–Crippen MR) is 134 cm³/mol. The lowest BCUT2D eigenvalue weighted by Gasteiger charge is -2.14. The van der Waals surface area contributed by atoms with Crippen molar-refractivity contribution in [3.05, 3.63) is 77.9 Å². The van der Waals surface area contributed by atoms with Gasteiger partial charge >= 0.3 is 6.09 Å². The monoisotopic (exact) mass is 502 g/mol. The highest BCUT2D eigenvalue weighted by Gasteiger charge is 2.22. The predicted octanol–water partition coefficient (Wildman–Crippen LogP) is 5.06. The Hall–Kier alpha value is -4.93. The molecule has 0 aliphatic heterocycles. The third kappa shape index (κ3) is 4.20. The highest BCUT2D eigenvalue weighted by atomic mass is 19.1. The molecular formula is C26H20F2N6O3. The molecule has 0 fully saturated rings. The zero-order valence-corrected chi connectivity index (χ0v) is 19.5. The van der Waals surface area contributed by atoms with Gasteiger partial charge < -0.3 is 10.8 Å². The van der Waals surface area contributed by atoms with Gasteiger partial charge in [-0.2, -0.15) is 0 Å². The van der Waals surface area contributed by atoms with E-state index in [9.17, 15) is 14.0 Å². The maximum Gasteiger partial charge on any atom is 0.410 e. The number of halogens is 2. The first-order valence-corrected chi connectivity index (χ1v) is 11.3. The van der Waals surface area contributed by atoms with Crippen molar-refractivity contribution in [3.63, 3.8) is 0 Å². The number of carboxylic acid groups (broad SMARTS) is 1. The van der Waals surface area contributed by atoms with Crippen LogP contribution in [0.3, 0.4) is 0 Å². The number of carbonyl (C=O) groups is 2. The SMILES string of the molecule is CCCc1nc2c(C(N)=O)cc(-c3ccnc(NC(=O)O)c3)cc2n1-c1ccnc2c(F)ccc(F)c12. The minimum Gasteiger partial charge on any atom is -0.465 e. The van der Waals surface area contributed by atoms with Gasteiger partial charge in [0.05, 0.1) is 22.2 Å². The number of primary amides is 1. The van der Waals surface area contributed by atoms with Gasteiger partial charge in [-0.05, 0) is 60.0 Å². The van der Waals surface area contributed by atoms with Crippen LogP contribution in [0.25, 0.3) is 38.8 Å². The van der Waals surface area contributed by atoms with Crippen LogP contribution >= 0.6 is 0 Å². The smallest absolute Gasteiger partial charge is 0.410 e. The van der Waals surface area contributed by atoms with Gasteiger partial charge in [-0.3, -0.25) is 19.7 Å². The molecule has 0 atom stereocenters. The van der Waals surface area contributed by atoms with E-state index >= 15 is 4.39 Å². The fourth-order valence-corrected chi connectivity index (χ4v) is 4.39. The number of aromatic nitrogens is 4. The van der Waals surface area contributed by atoms with E-state index in [1.165, 1.54) is 18.5 Å². The second kappa shape index (κ2) is 9.26. The van der Waals surface area contributed by atoms with Crippen molar-refractivity contribution in [2.75, 3.05) is 5.32 Å². The number of anilines is 1. The average molecular weight is 502 g/mol. The average Bonchev–Trinajstić information content (AvgIpc) is 3.23. The summed E-state index contributed by atoms with van der Waals surface area (Å²) in [5.41, 5.74) is 7.83. The van der Waals surface area contributed by atoms with Gasteiger partial charge in [0, 0.05) is 18.8 Å². The number of hydrogen-bond donors (Lipinski definition) is 3. The van der Waals surface area contributed by atoms with E-state index in [1.54, 1.807) is 28.8 Å². The minimum atomic E-state index is -1.28. The van der Waals surface area contributed by atoms with E-state index in [-0.39, 0.29) is 22.3 Å². The zero-order chi connectivity index (χ0) is 26.3. The maximum absolute atomic E-state index is 15.1. The Bertz CT molecular complexity index is 1720. The minimum absolute atomic E-state index is 0.0259. The molecule has 0 aliphatic rings. The molecule has 0 saturated carbocycles. The van der Waals surface area contributed by atoms with Gasteiger partial charge in [0.25, 0.3) is 5.91 Å². The Balaban J connectivity index is 1.86. The number of amides is 2. The molecule has 37 heavy (non-hydrogen) atoms. The summed E-state index contributed by atoms with van der Waals surface area (Å²) >= 11 is 0. The Kier molecular flexibility index (Phi) is 5.96. The fourth-order valence-electron chi connectivity index (χ4n) is 4.39. The standard InChI is InChI=1S/C26H20F2N6O3/c1-2-3-21-33-23-15(25(29)35)10-14(13-6-8-30-20(12-13)32-26(36)37)11-19(23)34(21)18-7-9-31-24-17(28)5-4-16(27)22(18)24/h4-12H,2-3H2,1H3,(H2,29,35)(H,30,32)(H,36,37). The van der Waals surface area contributed by atoms with E-state index in [0.717, 1.165) is 12.1 Å². The van der Waals surface area contributed by atoms with Crippen LogP contribution in [0.2, 0.25) is 0 Å². The summed E-state index contributed by atoms with van der Waals surface area (Å²) in [5.74, 6) is -1.45. The number of carbonyl (C=O) groups excluding carboxylic acids is 1. The lowest BCUT2D eigenvalue weighted by atomic mass is 10.0. The first-order chi connectivity index (χ1) is 17.8. The molecule has 0 bridgehead atoms. The molecule has 5 aromatic rings. The Morgan fingerprint density at radius 3 is 2.49 bits per heavy atom. The number of benzene rings is 2. The topological polar surface area (TPSA) is 136 Å². The summed E-state index contributed by atoms with van der Waals surface area (Å²) < 4.78 is 31.3. The van der Waals surface area contributed by atoms with Gasteiger partial charge in [-0.1, -0.05) is 6.92 Å². The summed E-state index contributed by atoms with van der Waals surface area (Å²) in [7, 11) is 0. The number of aryl methyl sites for hydroxylation is 1. The van der Waals surface area contributed by atoms with Crippen LogP contribution in [0.4, 0.5) is 19.4 Å². The Morgan fingerprint density at radius 1 is 1.00 bits per heavy atom. The highest BCUT2D eigenvalue weighted by molar-refractivity contribution is 6.07. The van der Waals surface area contributed by atoms with Crippen molar-refractivity contribution in [3.8, 4) is 16.8 Å². The number of nitrogens with two attached hydrogens (primary N) is 1. The van der Waals surface area contributed by atoms with E-state index in [2.05, 4.69) is 20.3 Å². The molecule has 4 N–H and O–H groups in total. The lowest BCUT2D eigenvalue weighted by Crippen LogP contribution is -2.12. The summed E-state index contributed by atoms with van der Waals surface area (Å²) in [4.78, 5) is 36.2. The molecule has 0 radical (unpaired) electrons. The summed E-state index contributed by atoms with van der Waals surface area (Å²) in [5, 5.41) is 11.2. The van der Waals surface area contributed by atoms with Crippen molar-refractivity contribution in [1.82, 2.24) is 19.5 Å². The molecule has 9 nitrogen and oxygen atoms in total. The number of nitrogens with one attached hydrogen (secondary N) is 1. The van der Waals surface area contributed by atoms with Gasteiger partial charge in [-0.25, -0.2) is 23.5 Å². The van der Waals surface area contributed by atoms with E-state index in [1.807, 2.05) is 6.92 Å². The van der Waals surface area contributed by atoms with Crippen molar-refractivity contribution in [2.45, 2.75) is 19.8 Å². The number of nitrogens with zero attached hydrogens (tertiary/aromatic N) is 4.